The Bertz CT molecular complexity index is 138. The zero-order valence-corrected chi connectivity index (χ0v) is 8.26. The zero-order chi connectivity index (χ0) is 10.1. The fraction of sp³-hybridized carbons (Fsp3) is 0.714. The summed E-state index contributed by atoms with van der Waals surface area (Å²) in [6.45, 7) is 1.53. The Hall–Kier alpha value is -1.26. The van der Waals surface area contributed by atoms with E-state index in [1.54, 1.807) is 28.2 Å². The summed E-state index contributed by atoms with van der Waals surface area (Å²) < 4.78 is 0. The Labute approximate surface area is 73.1 Å². The minimum atomic E-state index is -0.157. The van der Waals surface area contributed by atoms with Crippen molar-refractivity contribution < 1.29 is 9.59 Å². The molecule has 0 spiro atoms. The van der Waals surface area contributed by atoms with Crippen molar-refractivity contribution in [3.05, 3.63) is 0 Å². The summed E-state index contributed by atoms with van der Waals surface area (Å²) in [6, 6.07) is -0.157. The van der Waals surface area contributed by atoms with Crippen LogP contribution in [0.15, 0.2) is 0 Å². The quantitative estimate of drug-likeness (QED) is 0.528. The zero-order valence-electron chi connectivity index (χ0n) is 8.26. The molecular weight excluding hydrogens is 158 g/mol. The molecule has 0 rings (SSSR count). The van der Waals surface area contributed by atoms with Crippen LogP contribution in [-0.2, 0) is 4.79 Å². The van der Waals surface area contributed by atoms with Gasteiger partial charge in [0.05, 0.1) is 0 Å². The van der Waals surface area contributed by atoms with Crippen LogP contribution in [0.1, 0.15) is 6.92 Å². The van der Waals surface area contributed by atoms with Crippen molar-refractivity contribution in [3.8, 4) is 0 Å². The van der Waals surface area contributed by atoms with Gasteiger partial charge in [0.1, 0.15) is 0 Å². The van der Waals surface area contributed by atoms with E-state index in [0.29, 0.717) is 0 Å². The highest BCUT2D eigenvalue weighted by Crippen LogP contribution is 1.69. The Morgan fingerprint density at radius 3 is 1.33 bits per heavy atom. The second-order valence-electron chi connectivity index (χ2n) is 2.24. The van der Waals surface area contributed by atoms with Crippen LogP contribution < -0.4 is 10.6 Å². The summed E-state index contributed by atoms with van der Waals surface area (Å²) in [4.78, 5) is 21.6. The van der Waals surface area contributed by atoms with E-state index in [0.717, 1.165) is 0 Å². The van der Waals surface area contributed by atoms with Gasteiger partial charge in [-0.05, 0) is 0 Å². The molecule has 0 heterocycles. The van der Waals surface area contributed by atoms with Crippen LogP contribution in [0.25, 0.3) is 0 Å². The Kier molecular flexibility index (Phi) is 8.72. The van der Waals surface area contributed by atoms with Crippen LogP contribution >= 0.6 is 0 Å². The van der Waals surface area contributed by atoms with Crippen LogP contribution in [0.2, 0.25) is 0 Å². The standard InChI is InChI=1S/C4H9NO.C3H8N2O/c1-4(6)5(2)3;1-4-3(6)5-2/h1-3H3;1-2H3,(H2,4,5,6). The summed E-state index contributed by atoms with van der Waals surface area (Å²) in [5, 5.41) is 4.73. The molecule has 0 unspecified atom stereocenters. The highest BCUT2D eigenvalue weighted by atomic mass is 16.2. The predicted octanol–water partition coefficient (Wildman–Crippen LogP) is -0.360. The minimum Gasteiger partial charge on any atom is -0.349 e. The first-order chi connectivity index (χ1) is 5.45. The number of carbonyl (C=O) groups is 2. The molecular formula is C7H17N3O2. The Balaban J connectivity index is 0. The average molecular weight is 175 g/mol. The van der Waals surface area contributed by atoms with E-state index in [4.69, 9.17) is 0 Å². The molecule has 5 heteroatoms. The molecule has 0 saturated carbocycles. The summed E-state index contributed by atoms with van der Waals surface area (Å²) in [5.41, 5.74) is 0. The lowest BCUT2D eigenvalue weighted by atomic mass is 10.7. The highest BCUT2D eigenvalue weighted by Gasteiger charge is 1.87. The van der Waals surface area contributed by atoms with E-state index in [1.165, 1.54) is 11.8 Å². The fourth-order valence-electron chi connectivity index (χ4n) is 0.125. The second-order valence-corrected chi connectivity index (χ2v) is 2.24. The number of nitrogens with zero attached hydrogens (tertiary/aromatic N) is 1. The lowest BCUT2D eigenvalue weighted by Crippen LogP contribution is -2.28. The smallest absolute Gasteiger partial charge is 0.314 e. The van der Waals surface area contributed by atoms with Crippen LogP contribution in [0.5, 0.6) is 0 Å². The van der Waals surface area contributed by atoms with Gasteiger partial charge in [0.15, 0.2) is 0 Å². The average Bonchev–Trinajstić information content (AvgIpc) is 2.04. The SMILES string of the molecule is CC(=O)N(C)C.CNC(=O)NC. The van der Waals surface area contributed by atoms with Crippen molar-refractivity contribution in [1.29, 1.82) is 0 Å². The molecule has 0 fully saturated rings. The van der Waals surface area contributed by atoms with E-state index in [9.17, 15) is 9.59 Å². The van der Waals surface area contributed by atoms with Gasteiger partial charge >= 0.3 is 6.03 Å². The third-order valence-corrected chi connectivity index (χ3v) is 1.08. The van der Waals surface area contributed by atoms with Gasteiger partial charge in [-0.2, -0.15) is 0 Å². The van der Waals surface area contributed by atoms with Gasteiger partial charge in [-0.25, -0.2) is 4.79 Å². The normalized spacial score (nSPS) is 7.42. The van der Waals surface area contributed by atoms with Crippen LogP contribution in [0, 0.1) is 0 Å². The van der Waals surface area contributed by atoms with Gasteiger partial charge < -0.3 is 15.5 Å². The molecule has 0 aromatic heterocycles. The number of urea groups is 1. The molecule has 0 aromatic rings. The first-order valence-corrected chi connectivity index (χ1v) is 3.53. The van der Waals surface area contributed by atoms with Gasteiger partial charge in [-0.1, -0.05) is 0 Å². The molecule has 0 aliphatic rings. The molecule has 12 heavy (non-hydrogen) atoms. The van der Waals surface area contributed by atoms with Gasteiger partial charge in [0.2, 0.25) is 5.91 Å². The number of carbonyl (C=O) groups excluding carboxylic acids is 2. The van der Waals surface area contributed by atoms with E-state index in [1.807, 2.05) is 0 Å². The predicted molar refractivity (Wildman–Crippen MR) is 47.9 cm³/mol. The first-order valence-electron chi connectivity index (χ1n) is 3.53. The molecule has 0 bridgehead atoms. The van der Waals surface area contributed by atoms with Crippen molar-refractivity contribution >= 4 is 11.9 Å². The first kappa shape index (κ1) is 13.3. The Morgan fingerprint density at radius 1 is 1.08 bits per heavy atom. The molecule has 72 valence electrons. The van der Waals surface area contributed by atoms with E-state index in [2.05, 4.69) is 10.6 Å². The summed E-state index contributed by atoms with van der Waals surface area (Å²) in [5.74, 6) is 0.0926. The maximum atomic E-state index is 10.1. The topological polar surface area (TPSA) is 61.4 Å². The third-order valence-electron chi connectivity index (χ3n) is 1.08. The molecule has 3 amide bonds. The van der Waals surface area contributed by atoms with Gasteiger partial charge in [-0.3, -0.25) is 4.79 Å². The molecule has 0 radical (unpaired) electrons. The molecule has 0 aliphatic heterocycles. The van der Waals surface area contributed by atoms with Crippen LogP contribution in [-0.4, -0.2) is 45.0 Å². The molecule has 2 N–H and O–H groups in total. The van der Waals surface area contributed by atoms with Gasteiger partial charge in [0, 0.05) is 35.1 Å². The van der Waals surface area contributed by atoms with Crippen molar-refractivity contribution in [2.24, 2.45) is 0 Å². The third kappa shape index (κ3) is 11.5. The number of hydrogen-bond donors (Lipinski definition) is 2. The maximum absolute atomic E-state index is 10.1. The van der Waals surface area contributed by atoms with Crippen molar-refractivity contribution in [2.45, 2.75) is 6.92 Å². The number of nitrogens with one attached hydrogen (secondary N) is 2. The molecule has 0 aliphatic carbocycles. The number of rotatable bonds is 0. The molecule has 5 nitrogen and oxygen atoms in total. The van der Waals surface area contributed by atoms with Gasteiger partial charge in [-0.15, -0.1) is 0 Å². The fourth-order valence-corrected chi connectivity index (χ4v) is 0.125. The summed E-state index contributed by atoms with van der Waals surface area (Å²) >= 11 is 0. The largest absolute Gasteiger partial charge is 0.349 e. The second kappa shape index (κ2) is 7.84. The maximum Gasteiger partial charge on any atom is 0.314 e. The molecule has 0 saturated heterocycles. The van der Waals surface area contributed by atoms with E-state index >= 15 is 0 Å². The van der Waals surface area contributed by atoms with Crippen molar-refractivity contribution in [3.63, 3.8) is 0 Å². The molecule has 0 atom stereocenters. The number of hydrogen-bond acceptors (Lipinski definition) is 2. The van der Waals surface area contributed by atoms with Gasteiger partial charge in [0.25, 0.3) is 0 Å². The van der Waals surface area contributed by atoms with Crippen LogP contribution in [0.3, 0.4) is 0 Å². The van der Waals surface area contributed by atoms with Crippen molar-refractivity contribution in [2.75, 3.05) is 28.2 Å². The molecule has 0 aromatic carbocycles. The minimum absolute atomic E-state index is 0.0926. The van der Waals surface area contributed by atoms with Crippen molar-refractivity contribution in [1.82, 2.24) is 15.5 Å². The summed E-state index contributed by atoms with van der Waals surface area (Å²) in [7, 11) is 6.59. The lowest BCUT2D eigenvalue weighted by molar-refractivity contribution is -0.126. The number of amides is 3. The summed E-state index contributed by atoms with van der Waals surface area (Å²) in [6.07, 6.45) is 0. The highest BCUT2D eigenvalue weighted by molar-refractivity contribution is 5.73. The lowest BCUT2D eigenvalue weighted by Gasteiger charge is -2.02. The Morgan fingerprint density at radius 2 is 1.33 bits per heavy atom. The van der Waals surface area contributed by atoms with Crippen LogP contribution in [0.4, 0.5) is 4.79 Å². The van der Waals surface area contributed by atoms with E-state index in [-0.39, 0.29) is 11.9 Å². The monoisotopic (exact) mass is 175 g/mol. The van der Waals surface area contributed by atoms with E-state index < -0.39 is 0 Å².